The summed E-state index contributed by atoms with van der Waals surface area (Å²) in [6, 6.07) is 21.1. The fraction of sp³-hybridized carbons (Fsp3) is 0.143. The number of rotatable bonds is 7. The van der Waals surface area contributed by atoms with Crippen molar-refractivity contribution in [1.29, 1.82) is 0 Å². The van der Waals surface area contributed by atoms with Gasteiger partial charge in [-0.2, -0.15) is 5.10 Å². The summed E-state index contributed by atoms with van der Waals surface area (Å²) in [6.07, 6.45) is 7.22. The zero-order chi connectivity index (χ0) is 25.1. The lowest BCUT2D eigenvalue weighted by molar-refractivity contribution is -0.124. The summed E-state index contributed by atoms with van der Waals surface area (Å²) in [5.41, 5.74) is 2.67. The number of aromatic nitrogens is 4. The van der Waals surface area contributed by atoms with E-state index >= 15 is 0 Å². The van der Waals surface area contributed by atoms with E-state index in [1.807, 2.05) is 60.7 Å². The lowest BCUT2D eigenvalue weighted by Gasteiger charge is -2.19. The van der Waals surface area contributed by atoms with Gasteiger partial charge in [0.25, 0.3) is 5.91 Å². The molecule has 36 heavy (non-hydrogen) atoms. The summed E-state index contributed by atoms with van der Waals surface area (Å²) < 4.78 is 5.71. The molecule has 0 atom stereocenters. The molecule has 0 aliphatic heterocycles. The first-order valence-corrected chi connectivity index (χ1v) is 11.4. The van der Waals surface area contributed by atoms with E-state index in [-0.39, 0.29) is 12.5 Å². The average Bonchev–Trinajstić information content (AvgIpc) is 3.35. The van der Waals surface area contributed by atoms with Crippen LogP contribution in [0.4, 0.5) is 11.5 Å². The molecule has 0 spiro atoms. The molecule has 8 nitrogen and oxygen atoms in total. The molecule has 0 saturated heterocycles. The SMILES string of the molecule is C#CC(C)(C)NC(=O)COc1cccc(-c2nc(Nc3ccc4[nH]ncc4c3)c3ccccc3n2)c1. The van der Waals surface area contributed by atoms with Crippen LogP contribution in [0, 0.1) is 12.3 Å². The van der Waals surface area contributed by atoms with Gasteiger partial charge in [-0.05, 0) is 56.3 Å². The molecule has 178 valence electrons. The number of amides is 1. The van der Waals surface area contributed by atoms with Crippen LogP contribution in [0.2, 0.25) is 0 Å². The summed E-state index contributed by atoms with van der Waals surface area (Å²) in [6.45, 7) is 3.35. The number of para-hydroxylation sites is 1. The molecule has 5 rings (SSSR count). The van der Waals surface area contributed by atoms with Crippen LogP contribution in [0.3, 0.4) is 0 Å². The first-order valence-electron chi connectivity index (χ1n) is 11.4. The number of terminal acetylenes is 1. The molecule has 1 amide bonds. The molecule has 8 heteroatoms. The smallest absolute Gasteiger partial charge is 0.259 e. The fourth-order valence-electron chi connectivity index (χ4n) is 3.75. The minimum atomic E-state index is -0.743. The van der Waals surface area contributed by atoms with E-state index < -0.39 is 5.54 Å². The first-order chi connectivity index (χ1) is 17.4. The number of aromatic amines is 1. The maximum Gasteiger partial charge on any atom is 0.259 e. The number of hydrogen-bond donors (Lipinski definition) is 3. The Bertz CT molecular complexity index is 1620. The molecule has 0 radical (unpaired) electrons. The van der Waals surface area contributed by atoms with E-state index in [0.29, 0.717) is 17.4 Å². The van der Waals surface area contributed by atoms with Crippen molar-refractivity contribution in [3.8, 4) is 29.5 Å². The Morgan fingerprint density at radius 3 is 2.81 bits per heavy atom. The Morgan fingerprint density at radius 1 is 1.08 bits per heavy atom. The molecule has 0 saturated carbocycles. The summed E-state index contributed by atoms with van der Waals surface area (Å²) in [4.78, 5) is 21.8. The van der Waals surface area contributed by atoms with E-state index in [1.54, 1.807) is 26.1 Å². The van der Waals surface area contributed by atoms with Crippen LogP contribution >= 0.6 is 0 Å². The average molecular weight is 477 g/mol. The standard InChI is InChI=1S/C28H24N6O2/c1-4-28(2,3)33-25(35)17-36-21-9-7-8-18(15-21)26-31-24-11-6-5-10-22(24)27(32-26)30-20-12-13-23-19(14-20)16-29-34-23/h1,5-16H,17H2,2-3H3,(H,29,34)(H,33,35)(H,30,31,32). The van der Waals surface area contributed by atoms with Crippen molar-refractivity contribution in [2.24, 2.45) is 0 Å². The number of hydrogen-bond acceptors (Lipinski definition) is 6. The number of nitrogens with zero attached hydrogens (tertiary/aromatic N) is 3. The zero-order valence-corrected chi connectivity index (χ0v) is 19.9. The van der Waals surface area contributed by atoms with Crippen LogP contribution in [0.25, 0.3) is 33.2 Å². The highest BCUT2D eigenvalue weighted by Gasteiger charge is 2.17. The van der Waals surface area contributed by atoms with Crippen molar-refractivity contribution < 1.29 is 9.53 Å². The largest absolute Gasteiger partial charge is 0.484 e. The molecule has 3 N–H and O–H groups in total. The van der Waals surface area contributed by atoms with E-state index in [2.05, 4.69) is 26.8 Å². The Morgan fingerprint density at radius 2 is 1.94 bits per heavy atom. The van der Waals surface area contributed by atoms with Crippen LogP contribution in [0.5, 0.6) is 5.75 Å². The number of ether oxygens (including phenoxy) is 1. The molecule has 3 aromatic carbocycles. The molecule has 0 unspecified atom stereocenters. The van der Waals surface area contributed by atoms with Gasteiger partial charge in [0.2, 0.25) is 0 Å². The molecule has 2 aromatic heterocycles. The Labute approximate surface area is 208 Å². The summed E-state index contributed by atoms with van der Waals surface area (Å²) >= 11 is 0. The minimum Gasteiger partial charge on any atom is -0.484 e. The molecule has 5 aromatic rings. The highest BCUT2D eigenvalue weighted by atomic mass is 16.5. The number of fused-ring (bicyclic) bond motifs is 2. The van der Waals surface area contributed by atoms with Crippen LogP contribution in [-0.2, 0) is 4.79 Å². The van der Waals surface area contributed by atoms with Gasteiger partial charge in [0.15, 0.2) is 12.4 Å². The van der Waals surface area contributed by atoms with Gasteiger partial charge in [0.1, 0.15) is 11.6 Å². The predicted octanol–water partition coefficient (Wildman–Crippen LogP) is 4.82. The van der Waals surface area contributed by atoms with E-state index in [1.165, 1.54) is 0 Å². The molecule has 0 aliphatic carbocycles. The van der Waals surface area contributed by atoms with Gasteiger partial charge in [0, 0.05) is 22.0 Å². The molecule has 0 fully saturated rings. The number of carbonyl (C=O) groups is 1. The van der Waals surface area contributed by atoms with E-state index in [9.17, 15) is 4.79 Å². The van der Waals surface area contributed by atoms with Gasteiger partial charge in [0.05, 0.1) is 22.8 Å². The zero-order valence-electron chi connectivity index (χ0n) is 19.9. The Kier molecular flexibility index (Phi) is 5.97. The van der Waals surface area contributed by atoms with Crippen molar-refractivity contribution in [3.63, 3.8) is 0 Å². The van der Waals surface area contributed by atoms with Gasteiger partial charge >= 0.3 is 0 Å². The number of benzene rings is 3. The lowest BCUT2D eigenvalue weighted by Crippen LogP contribution is -2.44. The van der Waals surface area contributed by atoms with Crippen molar-refractivity contribution in [2.45, 2.75) is 19.4 Å². The summed E-state index contributed by atoms with van der Waals surface area (Å²) in [5.74, 6) is 3.97. The van der Waals surface area contributed by atoms with Crippen LogP contribution in [0.15, 0.2) is 72.9 Å². The second-order valence-corrected chi connectivity index (χ2v) is 8.84. The monoisotopic (exact) mass is 476 g/mol. The molecule has 0 aliphatic rings. The lowest BCUT2D eigenvalue weighted by atomic mass is 10.1. The maximum atomic E-state index is 12.2. The van der Waals surface area contributed by atoms with Crippen molar-refractivity contribution in [3.05, 3.63) is 72.9 Å². The van der Waals surface area contributed by atoms with Crippen molar-refractivity contribution >= 4 is 39.2 Å². The van der Waals surface area contributed by atoms with Gasteiger partial charge in [-0.25, -0.2) is 9.97 Å². The van der Waals surface area contributed by atoms with E-state index in [0.717, 1.165) is 33.1 Å². The third-order valence-corrected chi connectivity index (χ3v) is 5.58. The molecular weight excluding hydrogens is 452 g/mol. The third kappa shape index (κ3) is 4.95. The van der Waals surface area contributed by atoms with Crippen LogP contribution < -0.4 is 15.4 Å². The summed E-state index contributed by atoms with van der Waals surface area (Å²) in [7, 11) is 0. The highest BCUT2D eigenvalue weighted by molar-refractivity contribution is 5.93. The molecule has 2 heterocycles. The number of carbonyl (C=O) groups excluding carboxylic acids is 1. The molecular formula is C28H24N6O2. The minimum absolute atomic E-state index is 0.156. The summed E-state index contributed by atoms with van der Waals surface area (Å²) in [5, 5.41) is 15.1. The third-order valence-electron chi connectivity index (χ3n) is 5.58. The molecule has 0 bridgehead atoms. The van der Waals surface area contributed by atoms with E-state index in [4.69, 9.17) is 21.1 Å². The number of H-pyrrole nitrogens is 1. The Hall–Kier alpha value is -4.90. The topological polar surface area (TPSA) is 105 Å². The number of nitrogens with one attached hydrogen (secondary N) is 3. The van der Waals surface area contributed by atoms with Gasteiger partial charge < -0.3 is 15.4 Å². The number of anilines is 2. The normalized spacial score (nSPS) is 11.2. The second-order valence-electron chi connectivity index (χ2n) is 8.84. The van der Waals surface area contributed by atoms with Gasteiger partial charge in [-0.3, -0.25) is 9.89 Å². The highest BCUT2D eigenvalue weighted by Crippen LogP contribution is 2.29. The van der Waals surface area contributed by atoms with Crippen molar-refractivity contribution in [2.75, 3.05) is 11.9 Å². The fourth-order valence-corrected chi connectivity index (χ4v) is 3.75. The quantitative estimate of drug-likeness (QED) is 0.291. The van der Waals surface area contributed by atoms with Crippen molar-refractivity contribution in [1.82, 2.24) is 25.5 Å². The Balaban J connectivity index is 1.43. The first kappa shape index (κ1) is 22.9. The second kappa shape index (κ2) is 9.39. The van der Waals surface area contributed by atoms with Gasteiger partial charge in [-0.1, -0.05) is 30.2 Å². The predicted molar refractivity (Wildman–Crippen MR) is 141 cm³/mol. The van der Waals surface area contributed by atoms with Crippen LogP contribution in [-0.4, -0.2) is 38.2 Å². The maximum absolute atomic E-state index is 12.2. The van der Waals surface area contributed by atoms with Crippen LogP contribution in [0.1, 0.15) is 13.8 Å². The van der Waals surface area contributed by atoms with Gasteiger partial charge in [-0.15, -0.1) is 6.42 Å².